The van der Waals surface area contributed by atoms with Crippen molar-refractivity contribution >= 4 is 5.91 Å². The average molecular weight is 326 g/mol. The zero-order valence-corrected chi connectivity index (χ0v) is 13.8. The van der Waals surface area contributed by atoms with Crippen LogP contribution >= 0.6 is 0 Å². The Kier molecular flexibility index (Phi) is 3.84. The molecule has 6 nitrogen and oxygen atoms in total. The summed E-state index contributed by atoms with van der Waals surface area (Å²) in [5, 5.41) is 17.2. The number of aromatic nitrogens is 3. The van der Waals surface area contributed by atoms with Crippen molar-refractivity contribution in [2.75, 3.05) is 13.1 Å². The first kappa shape index (κ1) is 15.3. The number of hydrogen-bond acceptors (Lipinski definition) is 4. The van der Waals surface area contributed by atoms with Crippen LogP contribution in [-0.4, -0.2) is 50.3 Å². The fourth-order valence-corrected chi connectivity index (χ4v) is 3.12. The molecule has 2 atom stereocenters. The fraction of sp³-hybridized carbons (Fsp3) is 0.500. The number of likely N-dealkylation sites (tertiary alicyclic amines) is 1. The van der Waals surface area contributed by atoms with Crippen LogP contribution in [0.4, 0.5) is 0 Å². The van der Waals surface area contributed by atoms with Crippen molar-refractivity contribution in [3.05, 3.63) is 35.7 Å². The van der Waals surface area contributed by atoms with Crippen molar-refractivity contribution in [3.63, 3.8) is 0 Å². The maximum absolute atomic E-state index is 12.6. The number of carbonyl (C=O) groups is 1. The first-order valence-corrected chi connectivity index (χ1v) is 8.62. The monoisotopic (exact) mass is 326 g/mol. The topological polar surface area (TPSA) is 82.1 Å². The van der Waals surface area contributed by atoms with Crippen molar-refractivity contribution in [2.24, 2.45) is 5.92 Å². The van der Waals surface area contributed by atoms with Gasteiger partial charge in [-0.05, 0) is 37.3 Å². The average Bonchev–Trinajstić information content (AvgIpc) is 3.34. The molecule has 2 aromatic rings. The molecule has 1 amide bonds. The summed E-state index contributed by atoms with van der Waals surface area (Å²) in [6, 6.07) is 7.40. The molecule has 6 heteroatoms. The molecule has 2 unspecified atom stereocenters. The van der Waals surface area contributed by atoms with Crippen LogP contribution < -0.4 is 0 Å². The largest absolute Gasteiger partial charge is 0.391 e. The van der Waals surface area contributed by atoms with Crippen molar-refractivity contribution < 1.29 is 9.90 Å². The number of carbonyl (C=O) groups excluding carboxylic acids is 1. The molecule has 2 fully saturated rings. The number of nitrogens with one attached hydrogen (secondary N) is 1. The fourth-order valence-electron chi connectivity index (χ4n) is 3.12. The molecule has 0 spiro atoms. The molecule has 4 rings (SSSR count). The third-order valence-electron chi connectivity index (χ3n) is 5.06. The van der Waals surface area contributed by atoms with E-state index in [9.17, 15) is 9.90 Å². The standard InChI is InChI=1S/C18H22N4O2/c1-11-8-9-22(10-15(11)23)18(24)14-6-4-13(5-7-14)17-19-16(20-21-17)12-2-3-12/h4-7,11-12,15,23H,2-3,8-10H2,1H3,(H,19,20,21). The van der Waals surface area contributed by atoms with Gasteiger partial charge in [0.25, 0.3) is 5.91 Å². The Labute approximate surface area is 140 Å². The highest BCUT2D eigenvalue weighted by atomic mass is 16.3. The second-order valence-electron chi connectivity index (χ2n) is 6.98. The van der Waals surface area contributed by atoms with E-state index >= 15 is 0 Å². The molecule has 0 radical (unpaired) electrons. The number of nitrogens with zero attached hydrogens (tertiary/aromatic N) is 3. The SMILES string of the molecule is CC1CCN(C(=O)c2ccc(-c3n[nH]c(C4CC4)n3)cc2)CC1O. The number of amides is 1. The third-order valence-corrected chi connectivity index (χ3v) is 5.06. The summed E-state index contributed by atoms with van der Waals surface area (Å²) >= 11 is 0. The van der Waals surface area contributed by atoms with Gasteiger partial charge in [0.1, 0.15) is 5.82 Å². The van der Waals surface area contributed by atoms with Gasteiger partial charge in [0.15, 0.2) is 5.82 Å². The van der Waals surface area contributed by atoms with Crippen LogP contribution in [0.1, 0.15) is 48.3 Å². The van der Waals surface area contributed by atoms with Crippen LogP contribution in [0.15, 0.2) is 24.3 Å². The van der Waals surface area contributed by atoms with Gasteiger partial charge in [-0.15, -0.1) is 0 Å². The first-order valence-electron chi connectivity index (χ1n) is 8.62. The van der Waals surface area contributed by atoms with Crippen molar-refractivity contribution in [1.82, 2.24) is 20.1 Å². The van der Waals surface area contributed by atoms with E-state index < -0.39 is 6.10 Å². The Morgan fingerprint density at radius 2 is 2.00 bits per heavy atom. The lowest BCUT2D eigenvalue weighted by molar-refractivity contribution is 0.0248. The van der Waals surface area contributed by atoms with Crippen LogP contribution in [0.25, 0.3) is 11.4 Å². The number of benzene rings is 1. The highest BCUT2D eigenvalue weighted by molar-refractivity contribution is 5.94. The summed E-state index contributed by atoms with van der Waals surface area (Å²) in [5.74, 6) is 2.41. The molecule has 1 saturated carbocycles. The lowest BCUT2D eigenvalue weighted by atomic mass is 9.95. The van der Waals surface area contributed by atoms with Crippen molar-refractivity contribution in [1.29, 1.82) is 0 Å². The molecular formula is C18H22N4O2. The zero-order valence-electron chi connectivity index (χ0n) is 13.8. The Balaban J connectivity index is 1.47. The minimum Gasteiger partial charge on any atom is -0.391 e. The molecule has 1 aliphatic heterocycles. The number of piperidine rings is 1. The van der Waals surface area contributed by atoms with Gasteiger partial charge in [-0.1, -0.05) is 19.1 Å². The molecule has 2 heterocycles. The quantitative estimate of drug-likeness (QED) is 0.906. The number of aliphatic hydroxyl groups excluding tert-OH is 1. The summed E-state index contributed by atoms with van der Waals surface area (Å²) in [5.41, 5.74) is 1.54. The second kappa shape index (κ2) is 6.02. The van der Waals surface area contributed by atoms with Crippen LogP contribution in [0.5, 0.6) is 0 Å². The van der Waals surface area contributed by atoms with Crippen LogP contribution in [0, 0.1) is 5.92 Å². The highest BCUT2D eigenvalue weighted by Crippen LogP contribution is 2.38. The predicted molar refractivity (Wildman–Crippen MR) is 89.5 cm³/mol. The van der Waals surface area contributed by atoms with Gasteiger partial charge in [0.2, 0.25) is 0 Å². The van der Waals surface area contributed by atoms with Gasteiger partial charge in [-0.3, -0.25) is 9.89 Å². The van der Waals surface area contributed by atoms with E-state index in [2.05, 4.69) is 15.2 Å². The molecule has 2 aliphatic rings. The lowest BCUT2D eigenvalue weighted by Gasteiger charge is -2.34. The van der Waals surface area contributed by atoms with Crippen LogP contribution in [0.3, 0.4) is 0 Å². The molecule has 2 N–H and O–H groups in total. The number of aliphatic hydroxyl groups is 1. The Hall–Kier alpha value is -2.21. The second-order valence-corrected chi connectivity index (χ2v) is 6.98. The minimum atomic E-state index is -0.434. The molecule has 1 aromatic carbocycles. The van der Waals surface area contributed by atoms with E-state index in [4.69, 9.17) is 0 Å². The normalized spacial score (nSPS) is 24.2. The minimum absolute atomic E-state index is 0.0267. The van der Waals surface area contributed by atoms with Crippen LogP contribution in [-0.2, 0) is 0 Å². The number of H-pyrrole nitrogens is 1. The van der Waals surface area contributed by atoms with Crippen molar-refractivity contribution in [2.45, 2.75) is 38.2 Å². The van der Waals surface area contributed by atoms with E-state index in [0.717, 1.165) is 17.8 Å². The van der Waals surface area contributed by atoms with Gasteiger partial charge in [-0.25, -0.2) is 4.98 Å². The molecule has 24 heavy (non-hydrogen) atoms. The van der Waals surface area contributed by atoms with Gasteiger partial charge < -0.3 is 10.0 Å². The van der Waals surface area contributed by atoms with Gasteiger partial charge in [0.05, 0.1) is 6.10 Å². The molecule has 0 bridgehead atoms. The maximum atomic E-state index is 12.6. The van der Waals surface area contributed by atoms with Crippen molar-refractivity contribution in [3.8, 4) is 11.4 Å². The zero-order chi connectivity index (χ0) is 16.7. The Bertz CT molecular complexity index is 736. The smallest absolute Gasteiger partial charge is 0.253 e. The Morgan fingerprint density at radius 3 is 2.67 bits per heavy atom. The number of β-amino-alcohol motifs (C(OH)–C–C–N with tert-alkyl or cyclic N) is 1. The first-order chi connectivity index (χ1) is 11.6. The van der Waals surface area contributed by atoms with E-state index in [1.165, 1.54) is 12.8 Å². The summed E-state index contributed by atoms with van der Waals surface area (Å²) in [6.45, 7) is 3.13. The molecule has 1 aromatic heterocycles. The van der Waals surface area contributed by atoms with Gasteiger partial charge in [-0.2, -0.15) is 5.10 Å². The third kappa shape index (κ3) is 2.94. The summed E-state index contributed by atoms with van der Waals surface area (Å²) in [4.78, 5) is 18.8. The van der Waals surface area contributed by atoms with Gasteiger partial charge in [0, 0.05) is 30.1 Å². The Morgan fingerprint density at radius 1 is 1.25 bits per heavy atom. The van der Waals surface area contributed by atoms with E-state index in [0.29, 0.717) is 30.4 Å². The summed E-state index contributed by atoms with van der Waals surface area (Å²) in [7, 11) is 0. The predicted octanol–water partition coefficient (Wildman–Crippen LogP) is 2.19. The maximum Gasteiger partial charge on any atom is 0.253 e. The molecular weight excluding hydrogens is 304 g/mol. The number of rotatable bonds is 3. The lowest BCUT2D eigenvalue weighted by Crippen LogP contribution is -2.45. The molecule has 126 valence electrons. The summed E-state index contributed by atoms with van der Waals surface area (Å²) < 4.78 is 0. The molecule has 1 saturated heterocycles. The van der Waals surface area contributed by atoms with E-state index in [1.807, 2.05) is 31.2 Å². The highest BCUT2D eigenvalue weighted by Gasteiger charge is 2.28. The number of aromatic amines is 1. The van der Waals surface area contributed by atoms with E-state index in [-0.39, 0.29) is 11.8 Å². The molecule has 1 aliphatic carbocycles. The van der Waals surface area contributed by atoms with Gasteiger partial charge >= 0.3 is 0 Å². The number of hydrogen-bond donors (Lipinski definition) is 2. The van der Waals surface area contributed by atoms with Crippen LogP contribution in [0.2, 0.25) is 0 Å². The summed E-state index contributed by atoms with van der Waals surface area (Å²) in [6.07, 6.45) is 2.77. The van der Waals surface area contributed by atoms with E-state index in [1.54, 1.807) is 4.90 Å².